The van der Waals surface area contributed by atoms with Crippen LogP contribution in [0.3, 0.4) is 0 Å². The van der Waals surface area contributed by atoms with E-state index in [1.165, 1.54) is 11.8 Å². The SMILES string of the molecule is CSCC(C)(O)CNC(=O)NCc1ccc(C)o1. The van der Waals surface area contributed by atoms with Gasteiger partial charge in [-0.2, -0.15) is 11.8 Å². The first-order chi connectivity index (χ1) is 8.43. The van der Waals surface area contributed by atoms with Crippen LogP contribution in [0.1, 0.15) is 18.4 Å². The Hall–Kier alpha value is -1.14. The van der Waals surface area contributed by atoms with E-state index in [1.54, 1.807) is 6.92 Å². The number of amides is 2. The predicted octanol–water partition coefficient (Wildman–Crippen LogP) is 1.50. The Bertz CT molecular complexity index is 390. The third-order valence-corrected chi connectivity index (χ3v) is 3.21. The highest BCUT2D eigenvalue weighted by atomic mass is 32.2. The number of rotatable bonds is 6. The molecule has 0 aliphatic heterocycles. The summed E-state index contributed by atoms with van der Waals surface area (Å²) >= 11 is 1.54. The number of hydrogen-bond donors (Lipinski definition) is 3. The average Bonchev–Trinajstić information content (AvgIpc) is 2.70. The predicted molar refractivity (Wildman–Crippen MR) is 72.7 cm³/mol. The lowest BCUT2D eigenvalue weighted by molar-refractivity contribution is 0.0869. The largest absolute Gasteiger partial charge is 0.465 e. The van der Waals surface area contributed by atoms with Crippen molar-refractivity contribution in [3.05, 3.63) is 23.7 Å². The molecule has 1 unspecified atom stereocenters. The number of aliphatic hydroxyl groups is 1. The molecule has 1 rings (SSSR count). The van der Waals surface area contributed by atoms with Crippen LogP contribution in [0.2, 0.25) is 0 Å². The zero-order chi connectivity index (χ0) is 13.6. The molecule has 0 saturated heterocycles. The van der Waals surface area contributed by atoms with E-state index < -0.39 is 5.60 Å². The van der Waals surface area contributed by atoms with E-state index in [9.17, 15) is 9.90 Å². The Morgan fingerprint density at radius 3 is 2.78 bits per heavy atom. The maximum absolute atomic E-state index is 11.5. The number of nitrogens with one attached hydrogen (secondary N) is 2. The topological polar surface area (TPSA) is 74.5 Å². The minimum atomic E-state index is -0.891. The summed E-state index contributed by atoms with van der Waals surface area (Å²) in [6.45, 7) is 4.10. The summed E-state index contributed by atoms with van der Waals surface area (Å²) in [4.78, 5) is 11.5. The zero-order valence-electron chi connectivity index (χ0n) is 10.9. The normalized spacial score (nSPS) is 14.0. The fourth-order valence-electron chi connectivity index (χ4n) is 1.44. The molecule has 102 valence electrons. The second kappa shape index (κ2) is 6.70. The van der Waals surface area contributed by atoms with Gasteiger partial charge in [0, 0.05) is 12.3 Å². The van der Waals surface area contributed by atoms with Crippen molar-refractivity contribution in [2.24, 2.45) is 0 Å². The zero-order valence-corrected chi connectivity index (χ0v) is 11.8. The van der Waals surface area contributed by atoms with Crippen LogP contribution >= 0.6 is 11.8 Å². The number of urea groups is 1. The molecule has 0 spiro atoms. The molecule has 0 radical (unpaired) electrons. The quantitative estimate of drug-likeness (QED) is 0.733. The van der Waals surface area contributed by atoms with Crippen LogP contribution in [-0.4, -0.2) is 35.3 Å². The molecule has 18 heavy (non-hydrogen) atoms. The van der Waals surface area contributed by atoms with Crippen molar-refractivity contribution in [1.82, 2.24) is 10.6 Å². The van der Waals surface area contributed by atoms with Crippen LogP contribution in [-0.2, 0) is 6.54 Å². The Labute approximate surface area is 111 Å². The average molecular weight is 272 g/mol. The molecule has 0 aliphatic carbocycles. The second-order valence-electron chi connectivity index (χ2n) is 4.48. The smallest absolute Gasteiger partial charge is 0.315 e. The summed E-state index contributed by atoms with van der Waals surface area (Å²) in [6, 6.07) is 3.35. The molecular formula is C12H20N2O3S. The molecule has 1 heterocycles. The van der Waals surface area contributed by atoms with Gasteiger partial charge in [-0.15, -0.1) is 0 Å². The summed E-state index contributed by atoms with van der Waals surface area (Å²) in [5.41, 5.74) is -0.891. The van der Waals surface area contributed by atoms with Gasteiger partial charge in [-0.3, -0.25) is 0 Å². The molecule has 2 amide bonds. The van der Waals surface area contributed by atoms with E-state index in [2.05, 4.69) is 10.6 Å². The van der Waals surface area contributed by atoms with Crippen molar-refractivity contribution in [2.45, 2.75) is 26.0 Å². The van der Waals surface area contributed by atoms with Gasteiger partial charge in [0.2, 0.25) is 0 Å². The minimum absolute atomic E-state index is 0.219. The molecule has 0 fully saturated rings. The van der Waals surface area contributed by atoms with E-state index in [4.69, 9.17) is 4.42 Å². The highest BCUT2D eigenvalue weighted by Gasteiger charge is 2.20. The van der Waals surface area contributed by atoms with Crippen LogP contribution in [0.5, 0.6) is 0 Å². The van der Waals surface area contributed by atoms with Crippen molar-refractivity contribution in [3.8, 4) is 0 Å². The Morgan fingerprint density at radius 1 is 1.50 bits per heavy atom. The van der Waals surface area contributed by atoms with Crippen LogP contribution in [0.4, 0.5) is 4.79 Å². The molecule has 0 bridgehead atoms. The number of aryl methyl sites for hydroxylation is 1. The van der Waals surface area contributed by atoms with Gasteiger partial charge in [-0.25, -0.2) is 4.79 Å². The first-order valence-electron chi connectivity index (χ1n) is 5.71. The van der Waals surface area contributed by atoms with Crippen molar-refractivity contribution >= 4 is 17.8 Å². The Morgan fingerprint density at radius 2 is 2.22 bits per heavy atom. The first kappa shape index (κ1) is 14.9. The lowest BCUT2D eigenvalue weighted by Crippen LogP contribution is -2.45. The summed E-state index contributed by atoms with van der Waals surface area (Å²) in [5.74, 6) is 2.10. The fourth-order valence-corrected chi connectivity index (χ4v) is 2.17. The van der Waals surface area contributed by atoms with Crippen LogP contribution in [0, 0.1) is 6.92 Å². The van der Waals surface area contributed by atoms with E-state index in [1.807, 2.05) is 25.3 Å². The number of carbonyl (C=O) groups is 1. The van der Waals surface area contributed by atoms with Crippen molar-refractivity contribution in [2.75, 3.05) is 18.6 Å². The van der Waals surface area contributed by atoms with E-state index >= 15 is 0 Å². The maximum atomic E-state index is 11.5. The molecular weight excluding hydrogens is 252 g/mol. The maximum Gasteiger partial charge on any atom is 0.315 e. The van der Waals surface area contributed by atoms with Gasteiger partial charge < -0.3 is 20.2 Å². The van der Waals surface area contributed by atoms with Gasteiger partial charge in [0.1, 0.15) is 11.5 Å². The van der Waals surface area contributed by atoms with E-state index in [0.29, 0.717) is 18.1 Å². The van der Waals surface area contributed by atoms with Gasteiger partial charge in [0.05, 0.1) is 12.1 Å². The molecule has 1 aromatic heterocycles. The Balaban J connectivity index is 2.26. The second-order valence-corrected chi connectivity index (χ2v) is 5.34. The molecule has 3 N–H and O–H groups in total. The number of hydrogen-bond acceptors (Lipinski definition) is 4. The monoisotopic (exact) mass is 272 g/mol. The summed E-state index contributed by atoms with van der Waals surface area (Å²) < 4.78 is 5.32. The molecule has 0 aliphatic rings. The minimum Gasteiger partial charge on any atom is -0.465 e. The lowest BCUT2D eigenvalue weighted by Gasteiger charge is -2.22. The van der Waals surface area contributed by atoms with Crippen molar-refractivity contribution in [1.29, 1.82) is 0 Å². The third kappa shape index (κ3) is 5.46. The number of carbonyl (C=O) groups excluding carboxylic acids is 1. The summed E-state index contributed by atoms with van der Waals surface area (Å²) in [5, 5.41) is 15.2. The van der Waals surface area contributed by atoms with E-state index in [-0.39, 0.29) is 12.6 Å². The van der Waals surface area contributed by atoms with Gasteiger partial charge in [-0.05, 0) is 32.2 Å². The molecule has 1 atom stereocenters. The third-order valence-electron chi connectivity index (χ3n) is 2.30. The lowest BCUT2D eigenvalue weighted by atomic mass is 10.1. The highest BCUT2D eigenvalue weighted by molar-refractivity contribution is 7.98. The molecule has 5 nitrogen and oxygen atoms in total. The molecule has 6 heteroatoms. The standard InChI is InChI=1S/C12H20N2O3S/c1-9-4-5-10(17-9)6-13-11(15)14-7-12(2,16)8-18-3/h4-5,16H,6-8H2,1-3H3,(H2,13,14,15). The Kier molecular flexibility index (Phi) is 5.55. The van der Waals surface area contributed by atoms with Crippen molar-refractivity contribution in [3.63, 3.8) is 0 Å². The van der Waals surface area contributed by atoms with Gasteiger partial charge in [0.15, 0.2) is 0 Å². The van der Waals surface area contributed by atoms with Crippen LogP contribution in [0.15, 0.2) is 16.5 Å². The van der Waals surface area contributed by atoms with E-state index in [0.717, 1.165) is 5.76 Å². The van der Waals surface area contributed by atoms with Gasteiger partial charge in [0.25, 0.3) is 0 Å². The summed E-state index contributed by atoms with van der Waals surface area (Å²) in [6.07, 6.45) is 1.91. The van der Waals surface area contributed by atoms with Crippen LogP contribution in [0.25, 0.3) is 0 Å². The molecule has 1 aromatic rings. The number of furan rings is 1. The van der Waals surface area contributed by atoms with Gasteiger partial charge in [-0.1, -0.05) is 0 Å². The van der Waals surface area contributed by atoms with Crippen molar-refractivity contribution < 1.29 is 14.3 Å². The fraction of sp³-hybridized carbons (Fsp3) is 0.583. The molecule has 0 aromatic carbocycles. The van der Waals surface area contributed by atoms with Gasteiger partial charge >= 0.3 is 6.03 Å². The summed E-state index contributed by atoms with van der Waals surface area (Å²) in [7, 11) is 0. The molecule has 0 saturated carbocycles. The number of thioether (sulfide) groups is 1. The van der Waals surface area contributed by atoms with Crippen LogP contribution < -0.4 is 10.6 Å². The first-order valence-corrected chi connectivity index (χ1v) is 7.11. The highest BCUT2D eigenvalue weighted by Crippen LogP contribution is 2.09.